The van der Waals surface area contributed by atoms with Crippen LogP contribution in [0.25, 0.3) is 11.4 Å². The molecule has 0 amide bonds. The van der Waals surface area contributed by atoms with Gasteiger partial charge in [-0.2, -0.15) is 8.42 Å². The summed E-state index contributed by atoms with van der Waals surface area (Å²) in [6, 6.07) is 3.81. The lowest BCUT2D eigenvalue weighted by molar-refractivity contribution is -0.138. The van der Waals surface area contributed by atoms with E-state index in [2.05, 4.69) is 15.2 Å². The van der Waals surface area contributed by atoms with Crippen molar-refractivity contribution in [3.63, 3.8) is 0 Å². The highest BCUT2D eigenvalue weighted by atomic mass is 32.2. The Bertz CT molecular complexity index is 1020. The molecule has 2 aromatic heterocycles. The highest BCUT2D eigenvalue weighted by molar-refractivity contribution is 7.85. The number of carboxylic acids is 1. The zero-order chi connectivity index (χ0) is 21.9. The van der Waals surface area contributed by atoms with Gasteiger partial charge in [-0.05, 0) is 37.3 Å². The topological polar surface area (TPSA) is 128 Å². The Hall–Kier alpha value is -2.53. The van der Waals surface area contributed by atoms with E-state index >= 15 is 0 Å². The van der Waals surface area contributed by atoms with Gasteiger partial charge in [-0.15, -0.1) is 5.10 Å². The second-order valence-corrected chi connectivity index (χ2v) is 9.19. The monoisotopic (exact) mass is 437 g/mol. The summed E-state index contributed by atoms with van der Waals surface area (Å²) in [7, 11) is -1.93. The van der Waals surface area contributed by atoms with E-state index in [4.69, 9.17) is 14.3 Å². The van der Waals surface area contributed by atoms with E-state index < -0.39 is 16.1 Å². The Morgan fingerprint density at radius 1 is 1.37 bits per heavy atom. The van der Waals surface area contributed by atoms with Gasteiger partial charge >= 0.3 is 5.97 Å². The van der Waals surface area contributed by atoms with Crippen LogP contribution in [0.2, 0.25) is 0 Å². The summed E-state index contributed by atoms with van der Waals surface area (Å²) in [6.45, 7) is 3.39. The van der Waals surface area contributed by atoms with Gasteiger partial charge in [0.25, 0.3) is 10.1 Å². The van der Waals surface area contributed by atoms with E-state index in [1.54, 1.807) is 7.05 Å². The molecule has 1 unspecified atom stereocenters. The predicted molar refractivity (Wildman–Crippen MR) is 110 cm³/mol. The number of carbonyl (C=O) groups is 1. The summed E-state index contributed by atoms with van der Waals surface area (Å²) in [4.78, 5) is 18.1. The van der Waals surface area contributed by atoms with Gasteiger partial charge in [0.15, 0.2) is 0 Å². The molecule has 0 bridgehead atoms. The van der Waals surface area contributed by atoms with Crippen molar-refractivity contribution >= 4 is 21.8 Å². The highest BCUT2D eigenvalue weighted by Crippen LogP contribution is 2.30. The fourth-order valence-corrected chi connectivity index (χ4v) is 4.10. The van der Waals surface area contributed by atoms with Gasteiger partial charge in [0, 0.05) is 26.6 Å². The molecule has 0 spiro atoms. The molecular formula is C19H27N5O5S. The second kappa shape index (κ2) is 9.09. The number of hydrogen-bond acceptors (Lipinski definition) is 8. The van der Waals surface area contributed by atoms with Gasteiger partial charge in [-0.3, -0.25) is 8.98 Å². The Labute approximate surface area is 176 Å². The first-order chi connectivity index (χ1) is 14.2. The Morgan fingerprint density at radius 2 is 2.13 bits per heavy atom. The number of aromatic nitrogens is 4. The number of anilines is 1. The molecule has 1 aliphatic rings. The minimum absolute atomic E-state index is 0.125. The zero-order valence-electron chi connectivity index (χ0n) is 17.4. The Morgan fingerprint density at radius 3 is 2.80 bits per heavy atom. The number of hydrogen-bond donors (Lipinski definition) is 1. The quantitative estimate of drug-likeness (QED) is 0.613. The first-order valence-corrected chi connectivity index (χ1v) is 11.7. The number of pyridine rings is 1. The summed E-state index contributed by atoms with van der Waals surface area (Å²) >= 11 is 0. The molecule has 2 aromatic rings. The van der Waals surface area contributed by atoms with Crippen LogP contribution in [0, 0.1) is 5.92 Å². The van der Waals surface area contributed by atoms with E-state index in [9.17, 15) is 13.2 Å². The molecule has 3 heterocycles. The molecule has 0 saturated carbocycles. The van der Waals surface area contributed by atoms with Crippen LogP contribution < -0.4 is 4.90 Å². The van der Waals surface area contributed by atoms with Gasteiger partial charge in [0.2, 0.25) is 0 Å². The summed E-state index contributed by atoms with van der Waals surface area (Å²) in [6.07, 6.45) is 3.72. The Kier molecular flexibility index (Phi) is 6.71. The Balaban J connectivity index is 1.87. The molecule has 3 rings (SSSR count). The van der Waals surface area contributed by atoms with Crippen molar-refractivity contribution in [2.24, 2.45) is 13.0 Å². The minimum atomic E-state index is -3.60. The fourth-order valence-electron chi connectivity index (χ4n) is 3.77. The minimum Gasteiger partial charge on any atom is -0.481 e. The van der Waals surface area contributed by atoms with Crippen LogP contribution in [0.1, 0.15) is 37.6 Å². The van der Waals surface area contributed by atoms with E-state index in [1.807, 2.05) is 19.1 Å². The molecule has 1 N–H and O–H groups in total. The van der Waals surface area contributed by atoms with E-state index in [-0.39, 0.29) is 18.9 Å². The van der Waals surface area contributed by atoms with Crippen LogP contribution in [0.3, 0.4) is 0 Å². The van der Waals surface area contributed by atoms with Crippen molar-refractivity contribution in [3.8, 4) is 11.4 Å². The van der Waals surface area contributed by atoms with Crippen molar-refractivity contribution in [2.45, 2.75) is 39.2 Å². The molecule has 0 radical (unpaired) electrons. The largest absolute Gasteiger partial charge is 0.481 e. The second-order valence-electron chi connectivity index (χ2n) is 7.54. The van der Waals surface area contributed by atoms with Crippen molar-refractivity contribution < 1.29 is 22.5 Å². The molecule has 0 aromatic carbocycles. The number of piperidine rings is 1. The SMILES string of the molecule is CCc1nc(-c2nnn(C)c2COS(C)(=O)=O)ccc1N1CCCC(CC(=O)O)C1. The van der Waals surface area contributed by atoms with Crippen LogP contribution in [-0.2, 0) is 39.2 Å². The third-order valence-electron chi connectivity index (χ3n) is 5.20. The molecule has 1 atom stereocenters. The van der Waals surface area contributed by atoms with Gasteiger partial charge in [-0.25, -0.2) is 9.67 Å². The first-order valence-electron chi connectivity index (χ1n) is 9.88. The molecule has 1 aliphatic heterocycles. The van der Waals surface area contributed by atoms with Crippen molar-refractivity contribution in [1.82, 2.24) is 20.0 Å². The number of aliphatic carboxylic acids is 1. The van der Waals surface area contributed by atoms with E-state index in [1.165, 1.54) is 4.68 Å². The lowest BCUT2D eigenvalue weighted by Crippen LogP contribution is -2.37. The normalized spacial score (nSPS) is 17.3. The van der Waals surface area contributed by atoms with Crippen LogP contribution in [0.4, 0.5) is 5.69 Å². The van der Waals surface area contributed by atoms with Crippen LogP contribution in [0.15, 0.2) is 12.1 Å². The van der Waals surface area contributed by atoms with Gasteiger partial charge in [0.1, 0.15) is 12.3 Å². The average Bonchev–Trinajstić information content (AvgIpc) is 3.05. The number of rotatable bonds is 8. The third-order valence-corrected chi connectivity index (χ3v) is 5.75. The van der Waals surface area contributed by atoms with Crippen LogP contribution in [0.5, 0.6) is 0 Å². The number of aryl methyl sites for hydroxylation is 2. The maximum absolute atomic E-state index is 11.4. The third kappa shape index (κ3) is 5.33. The predicted octanol–water partition coefficient (Wildman–Crippen LogP) is 1.61. The zero-order valence-corrected chi connectivity index (χ0v) is 18.2. The summed E-state index contributed by atoms with van der Waals surface area (Å²) in [5, 5.41) is 17.2. The molecule has 10 nitrogen and oxygen atoms in total. The van der Waals surface area contributed by atoms with Gasteiger partial charge in [0.05, 0.1) is 29.0 Å². The average molecular weight is 438 g/mol. The smallest absolute Gasteiger partial charge is 0.303 e. The van der Waals surface area contributed by atoms with Crippen molar-refractivity contribution in [2.75, 3.05) is 24.2 Å². The molecular weight excluding hydrogens is 410 g/mol. The lowest BCUT2D eigenvalue weighted by atomic mass is 9.94. The van der Waals surface area contributed by atoms with Gasteiger partial charge < -0.3 is 10.0 Å². The fraction of sp³-hybridized carbons (Fsp3) is 0.579. The molecule has 164 valence electrons. The molecule has 1 fully saturated rings. The standard InChI is InChI=1S/C19H27N5O5S/c1-4-14-16(24-9-5-6-13(11-24)10-18(25)26)8-7-15(20-14)19-17(23(2)22-21-19)12-29-30(3,27)28/h7-8,13H,4-6,9-12H2,1-3H3,(H,25,26). The molecule has 0 aliphatic carbocycles. The van der Waals surface area contributed by atoms with Crippen molar-refractivity contribution in [3.05, 3.63) is 23.5 Å². The van der Waals surface area contributed by atoms with Gasteiger partial charge in [-0.1, -0.05) is 12.1 Å². The van der Waals surface area contributed by atoms with Crippen LogP contribution in [-0.4, -0.2) is 58.8 Å². The highest BCUT2D eigenvalue weighted by Gasteiger charge is 2.25. The number of carboxylic acid groups (broad SMARTS) is 1. The van der Waals surface area contributed by atoms with Crippen molar-refractivity contribution in [1.29, 1.82) is 0 Å². The summed E-state index contributed by atoms with van der Waals surface area (Å²) in [5.41, 5.74) is 3.46. The molecule has 1 saturated heterocycles. The maximum Gasteiger partial charge on any atom is 0.303 e. The molecule has 11 heteroatoms. The van der Waals surface area contributed by atoms with E-state index in [0.717, 1.165) is 37.0 Å². The first kappa shape index (κ1) is 22.2. The summed E-state index contributed by atoms with van der Waals surface area (Å²) < 4.78 is 29.1. The summed E-state index contributed by atoms with van der Waals surface area (Å²) in [5.74, 6) is -0.641. The van der Waals surface area contributed by atoms with E-state index in [0.29, 0.717) is 30.0 Å². The maximum atomic E-state index is 11.4. The molecule has 30 heavy (non-hydrogen) atoms. The number of nitrogens with zero attached hydrogens (tertiary/aromatic N) is 5. The lowest BCUT2D eigenvalue weighted by Gasteiger charge is -2.34. The van der Waals surface area contributed by atoms with Crippen LogP contribution >= 0.6 is 0 Å².